The largest absolute Gasteiger partial charge is 0.493 e. The van der Waals surface area contributed by atoms with Gasteiger partial charge < -0.3 is 14.6 Å². The summed E-state index contributed by atoms with van der Waals surface area (Å²) in [6.07, 6.45) is -1.32. The molecule has 178 valence electrons. The van der Waals surface area contributed by atoms with Crippen LogP contribution in [0.3, 0.4) is 0 Å². The number of hydrogen-bond donors (Lipinski definition) is 3. The minimum Gasteiger partial charge on any atom is -0.493 e. The fourth-order valence-corrected chi connectivity index (χ4v) is 5.63. The highest BCUT2D eigenvalue weighted by atomic mass is 32.2. The lowest BCUT2D eigenvalue weighted by atomic mass is 9.98. The Labute approximate surface area is 192 Å². The highest BCUT2D eigenvalue weighted by Crippen LogP contribution is 2.35. The zero-order valence-electron chi connectivity index (χ0n) is 18.2. The summed E-state index contributed by atoms with van der Waals surface area (Å²) in [7, 11) is -4.12. The molecule has 1 fully saturated rings. The number of carbonyl (C=O) groups is 2. The Balaban J connectivity index is 1.63. The number of nitrogens with one attached hydrogen (secondary N) is 1. The molecule has 0 unspecified atom stereocenters. The molecule has 9 nitrogen and oxygen atoms in total. The number of rotatable bonds is 9. The van der Waals surface area contributed by atoms with E-state index >= 15 is 0 Å². The average molecular weight is 478 g/mol. The quantitative estimate of drug-likeness (QED) is 0.282. The van der Waals surface area contributed by atoms with Crippen molar-refractivity contribution in [3.63, 3.8) is 0 Å². The standard InChI is InChI=1S/C23H27NO8S/c1-16-2-4-17(5-3-16)21(26)20(25)10-13-32-18-6-8-19(9-7-18)33(29,30)23(22(27)24-28)11-14-31-15-12-23/h2-9,20,25,28H,10-15H2,1H3,(H,24,27)/t20-/m0/s1. The van der Waals surface area contributed by atoms with Crippen molar-refractivity contribution in [2.75, 3.05) is 19.8 Å². The van der Waals surface area contributed by atoms with Gasteiger partial charge in [-0.2, -0.15) is 0 Å². The number of aliphatic hydroxyl groups is 1. The Morgan fingerprint density at radius 2 is 1.70 bits per heavy atom. The molecule has 3 rings (SSSR count). The van der Waals surface area contributed by atoms with Gasteiger partial charge in [-0.15, -0.1) is 0 Å². The summed E-state index contributed by atoms with van der Waals surface area (Å²) in [5.41, 5.74) is 2.90. The normalized spacial score (nSPS) is 16.6. The summed E-state index contributed by atoms with van der Waals surface area (Å²) in [6, 6.07) is 12.4. The molecule has 0 aliphatic carbocycles. The third-order valence-corrected chi connectivity index (χ3v) is 8.28. The van der Waals surface area contributed by atoms with Crippen molar-refractivity contribution in [3.8, 4) is 5.75 Å². The van der Waals surface area contributed by atoms with Crippen molar-refractivity contribution < 1.29 is 37.8 Å². The molecule has 1 saturated heterocycles. The molecule has 0 spiro atoms. The van der Waals surface area contributed by atoms with Gasteiger partial charge in [-0.05, 0) is 44.0 Å². The summed E-state index contributed by atoms with van der Waals surface area (Å²) in [5, 5.41) is 19.2. The van der Waals surface area contributed by atoms with Gasteiger partial charge in [0.15, 0.2) is 20.4 Å². The van der Waals surface area contributed by atoms with Crippen molar-refractivity contribution in [1.29, 1.82) is 0 Å². The van der Waals surface area contributed by atoms with Crippen LogP contribution in [-0.4, -0.2) is 61.1 Å². The van der Waals surface area contributed by atoms with Crippen LogP contribution in [-0.2, 0) is 19.4 Å². The van der Waals surface area contributed by atoms with Gasteiger partial charge in [0.05, 0.1) is 11.5 Å². The number of hydroxylamine groups is 1. The number of aryl methyl sites for hydroxylation is 1. The second-order valence-electron chi connectivity index (χ2n) is 7.91. The number of benzene rings is 2. The summed E-state index contributed by atoms with van der Waals surface area (Å²) in [4.78, 5) is 24.5. The van der Waals surface area contributed by atoms with E-state index in [0.717, 1.165) is 5.56 Å². The maximum atomic E-state index is 13.2. The highest BCUT2D eigenvalue weighted by Gasteiger charge is 2.52. The molecular weight excluding hydrogens is 450 g/mol. The predicted octanol–water partition coefficient (Wildman–Crippen LogP) is 1.84. The Hall–Kier alpha value is -2.79. The van der Waals surface area contributed by atoms with E-state index in [1.165, 1.54) is 29.7 Å². The number of Topliss-reactive ketones (excluding diaryl/α,β-unsaturated/α-hetero) is 1. The molecule has 1 heterocycles. The smallest absolute Gasteiger partial charge is 0.265 e. The lowest BCUT2D eigenvalue weighted by Gasteiger charge is -2.34. The molecule has 10 heteroatoms. The maximum absolute atomic E-state index is 13.2. The molecule has 1 aliphatic rings. The zero-order chi connectivity index (χ0) is 24.1. The first-order chi connectivity index (χ1) is 15.7. The summed E-state index contributed by atoms with van der Waals surface area (Å²) < 4.78 is 35.4. The van der Waals surface area contributed by atoms with Crippen molar-refractivity contribution >= 4 is 21.5 Å². The Morgan fingerprint density at radius 3 is 2.27 bits per heavy atom. The van der Waals surface area contributed by atoms with Gasteiger partial charge in [0.2, 0.25) is 0 Å². The van der Waals surface area contributed by atoms with Crippen LogP contribution in [0.15, 0.2) is 53.4 Å². The fourth-order valence-electron chi connectivity index (χ4n) is 3.69. The first-order valence-corrected chi connectivity index (χ1v) is 12.0. The minimum absolute atomic E-state index is 0.0407. The van der Waals surface area contributed by atoms with Gasteiger partial charge in [0.25, 0.3) is 5.91 Å². The molecule has 1 aliphatic heterocycles. The van der Waals surface area contributed by atoms with E-state index in [2.05, 4.69) is 0 Å². The third kappa shape index (κ3) is 5.25. The maximum Gasteiger partial charge on any atom is 0.265 e. The van der Waals surface area contributed by atoms with Gasteiger partial charge in [-0.25, -0.2) is 13.9 Å². The van der Waals surface area contributed by atoms with E-state index in [1.807, 2.05) is 6.92 Å². The topological polar surface area (TPSA) is 139 Å². The first-order valence-electron chi connectivity index (χ1n) is 10.5. The Bertz CT molecular complexity index is 1070. The van der Waals surface area contributed by atoms with Gasteiger partial charge in [0.1, 0.15) is 11.9 Å². The second-order valence-corrected chi connectivity index (χ2v) is 10.2. The van der Waals surface area contributed by atoms with Crippen LogP contribution in [0, 0.1) is 6.92 Å². The van der Waals surface area contributed by atoms with Gasteiger partial charge in [-0.1, -0.05) is 29.8 Å². The van der Waals surface area contributed by atoms with E-state index in [0.29, 0.717) is 11.3 Å². The predicted molar refractivity (Wildman–Crippen MR) is 118 cm³/mol. The van der Waals surface area contributed by atoms with Crippen LogP contribution >= 0.6 is 0 Å². The molecule has 2 aromatic rings. The molecule has 3 N–H and O–H groups in total. The number of ether oxygens (including phenoxy) is 2. The zero-order valence-corrected chi connectivity index (χ0v) is 19.0. The van der Waals surface area contributed by atoms with Crippen LogP contribution < -0.4 is 10.2 Å². The molecule has 1 atom stereocenters. The summed E-state index contributed by atoms with van der Waals surface area (Å²) in [6.45, 7) is 2.11. The minimum atomic E-state index is -4.12. The number of hydrogen-bond acceptors (Lipinski definition) is 8. The van der Waals surface area contributed by atoms with Crippen LogP contribution in [0.25, 0.3) is 0 Å². The molecule has 0 bridgehead atoms. The van der Waals surface area contributed by atoms with E-state index in [1.54, 1.807) is 24.3 Å². The number of sulfone groups is 1. The second kappa shape index (κ2) is 10.4. The van der Waals surface area contributed by atoms with Gasteiger partial charge in [-0.3, -0.25) is 14.8 Å². The Morgan fingerprint density at radius 1 is 1.09 bits per heavy atom. The van der Waals surface area contributed by atoms with Crippen LogP contribution in [0.2, 0.25) is 0 Å². The SMILES string of the molecule is Cc1ccc(C(=O)[C@@H](O)CCOc2ccc(S(=O)(=O)C3(C(=O)NO)CCOCC3)cc2)cc1. The van der Waals surface area contributed by atoms with E-state index in [-0.39, 0.29) is 44.0 Å². The van der Waals surface area contributed by atoms with E-state index in [9.17, 15) is 23.1 Å². The molecule has 33 heavy (non-hydrogen) atoms. The van der Waals surface area contributed by atoms with E-state index in [4.69, 9.17) is 14.7 Å². The molecule has 0 saturated carbocycles. The van der Waals surface area contributed by atoms with Crippen molar-refractivity contribution in [2.45, 2.75) is 41.9 Å². The molecule has 1 amide bonds. The van der Waals surface area contributed by atoms with Gasteiger partial charge in [0, 0.05) is 25.2 Å². The number of ketones is 1. The van der Waals surface area contributed by atoms with Crippen molar-refractivity contribution in [1.82, 2.24) is 5.48 Å². The number of amides is 1. The van der Waals surface area contributed by atoms with Crippen molar-refractivity contribution in [2.24, 2.45) is 0 Å². The van der Waals surface area contributed by atoms with Crippen molar-refractivity contribution in [3.05, 3.63) is 59.7 Å². The third-order valence-electron chi connectivity index (χ3n) is 5.76. The lowest BCUT2D eigenvalue weighted by molar-refractivity contribution is -0.134. The molecule has 0 radical (unpaired) electrons. The lowest BCUT2D eigenvalue weighted by Crippen LogP contribution is -2.54. The molecule has 2 aromatic carbocycles. The molecular formula is C23H27NO8S. The van der Waals surface area contributed by atoms with Crippen LogP contribution in [0.5, 0.6) is 5.75 Å². The summed E-state index contributed by atoms with van der Waals surface area (Å²) in [5.74, 6) is -1.04. The highest BCUT2D eigenvalue weighted by molar-refractivity contribution is 7.93. The van der Waals surface area contributed by atoms with Gasteiger partial charge >= 0.3 is 0 Å². The summed E-state index contributed by atoms with van der Waals surface area (Å²) >= 11 is 0. The number of carbonyl (C=O) groups excluding carboxylic acids is 2. The first kappa shape index (κ1) is 24.8. The fraction of sp³-hybridized carbons (Fsp3) is 0.391. The average Bonchev–Trinajstić information content (AvgIpc) is 2.84. The number of aliphatic hydroxyl groups excluding tert-OH is 1. The van der Waals surface area contributed by atoms with Crippen LogP contribution in [0.4, 0.5) is 0 Å². The Kier molecular flexibility index (Phi) is 7.85. The monoisotopic (exact) mass is 477 g/mol. The van der Waals surface area contributed by atoms with Crippen LogP contribution in [0.1, 0.15) is 35.2 Å². The van der Waals surface area contributed by atoms with E-state index < -0.39 is 32.4 Å². The molecule has 0 aromatic heterocycles.